The topological polar surface area (TPSA) is 85.4 Å². The lowest BCUT2D eigenvalue weighted by Crippen LogP contribution is -2.45. The number of aromatic amines is 1. The third-order valence-electron chi connectivity index (χ3n) is 4.65. The minimum absolute atomic E-state index is 0.0509. The Morgan fingerprint density at radius 3 is 2.96 bits per heavy atom. The van der Waals surface area contributed by atoms with Crippen molar-refractivity contribution in [3.05, 3.63) is 30.1 Å². The van der Waals surface area contributed by atoms with E-state index in [4.69, 9.17) is 0 Å². The van der Waals surface area contributed by atoms with E-state index < -0.39 is 0 Å². The van der Waals surface area contributed by atoms with Gasteiger partial charge < -0.3 is 20.5 Å². The standard InChI is InChI=1S/C19H28N6O/c1-13(2)18(26)25-11-9-14(12-25)22-19(20-3)21-10-8-17-23-15-6-4-5-7-16(15)24-17/h4-7,13-14H,8-12H2,1-3H3,(H,23,24)(H2,20,21,22). The SMILES string of the molecule is CN=C(NCCc1nc2ccccc2[nH]1)NC1CCN(C(=O)C(C)C)C1. The maximum absolute atomic E-state index is 12.1. The van der Waals surface area contributed by atoms with E-state index in [-0.39, 0.29) is 17.9 Å². The zero-order valence-electron chi connectivity index (χ0n) is 15.7. The number of hydrogen-bond acceptors (Lipinski definition) is 3. The minimum atomic E-state index is 0.0509. The Morgan fingerprint density at radius 1 is 1.42 bits per heavy atom. The van der Waals surface area contributed by atoms with Crippen LogP contribution >= 0.6 is 0 Å². The lowest BCUT2D eigenvalue weighted by atomic mass is 10.2. The second-order valence-electron chi connectivity index (χ2n) is 7.02. The van der Waals surface area contributed by atoms with E-state index in [1.165, 1.54) is 0 Å². The van der Waals surface area contributed by atoms with Crippen molar-refractivity contribution >= 4 is 22.9 Å². The van der Waals surface area contributed by atoms with Gasteiger partial charge in [0.05, 0.1) is 11.0 Å². The zero-order chi connectivity index (χ0) is 18.5. The Bertz CT molecular complexity index is 748. The van der Waals surface area contributed by atoms with E-state index in [0.29, 0.717) is 0 Å². The van der Waals surface area contributed by atoms with E-state index in [1.807, 2.05) is 43.0 Å². The third kappa shape index (κ3) is 4.33. The summed E-state index contributed by atoms with van der Waals surface area (Å²) in [7, 11) is 1.77. The molecule has 7 nitrogen and oxygen atoms in total. The molecule has 1 aliphatic rings. The molecule has 2 heterocycles. The third-order valence-corrected chi connectivity index (χ3v) is 4.65. The number of nitrogens with zero attached hydrogens (tertiary/aromatic N) is 3. The lowest BCUT2D eigenvalue weighted by Gasteiger charge is -2.20. The van der Waals surface area contributed by atoms with Crippen LogP contribution in [0.2, 0.25) is 0 Å². The van der Waals surface area contributed by atoms with Gasteiger partial charge in [0.1, 0.15) is 5.82 Å². The molecular weight excluding hydrogens is 328 g/mol. The van der Waals surface area contributed by atoms with Gasteiger partial charge in [-0.2, -0.15) is 0 Å². The van der Waals surface area contributed by atoms with Crippen LogP contribution < -0.4 is 10.6 Å². The van der Waals surface area contributed by atoms with Crippen molar-refractivity contribution < 1.29 is 4.79 Å². The molecule has 1 fully saturated rings. The summed E-state index contributed by atoms with van der Waals surface area (Å²) in [4.78, 5) is 26.2. The van der Waals surface area contributed by atoms with E-state index in [0.717, 1.165) is 55.3 Å². The molecule has 1 aromatic carbocycles. The summed E-state index contributed by atoms with van der Waals surface area (Å²) in [6.45, 7) is 6.18. The van der Waals surface area contributed by atoms with Crippen molar-refractivity contribution in [1.82, 2.24) is 25.5 Å². The molecule has 0 radical (unpaired) electrons. The van der Waals surface area contributed by atoms with Gasteiger partial charge in [-0.25, -0.2) is 4.98 Å². The summed E-state index contributed by atoms with van der Waals surface area (Å²) in [5.74, 6) is 2.01. The van der Waals surface area contributed by atoms with Crippen molar-refractivity contribution in [3.63, 3.8) is 0 Å². The van der Waals surface area contributed by atoms with E-state index >= 15 is 0 Å². The second-order valence-corrected chi connectivity index (χ2v) is 7.02. The van der Waals surface area contributed by atoms with E-state index in [2.05, 4.69) is 25.6 Å². The summed E-state index contributed by atoms with van der Waals surface area (Å²) in [5.41, 5.74) is 2.05. The van der Waals surface area contributed by atoms with Crippen molar-refractivity contribution in [2.75, 3.05) is 26.7 Å². The zero-order valence-corrected chi connectivity index (χ0v) is 15.7. The fourth-order valence-corrected chi connectivity index (χ4v) is 3.25. The van der Waals surface area contributed by atoms with Crippen LogP contribution in [0.3, 0.4) is 0 Å². The number of fused-ring (bicyclic) bond motifs is 1. The predicted molar refractivity (Wildman–Crippen MR) is 104 cm³/mol. The van der Waals surface area contributed by atoms with Crippen LogP contribution in [0.15, 0.2) is 29.3 Å². The summed E-state index contributed by atoms with van der Waals surface area (Å²) >= 11 is 0. The quantitative estimate of drug-likeness (QED) is 0.560. The Kier molecular flexibility index (Phi) is 5.75. The highest BCUT2D eigenvalue weighted by molar-refractivity contribution is 5.81. The first-order chi connectivity index (χ1) is 12.6. The highest BCUT2D eigenvalue weighted by atomic mass is 16.2. The average Bonchev–Trinajstić information content (AvgIpc) is 3.26. The number of para-hydroxylation sites is 2. The fourth-order valence-electron chi connectivity index (χ4n) is 3.25. The lowest BCUT2D eigenvalue weighted by molar-refractivity contribution is -0.133. The van der Waals surface area contributed by atoms with Gasteiger partial charge in [-0.1, -0.05) is 26.0 Å². The second kappa shape index (κ2) is 8.21. The van der Waals surface area contributed by atoms with E-state index in [1.54, 1.807) is 7.05 Å². The smallest absolute Gasteiger partial charge is 0.225 e. The summed E-state index contributed by atoms with van der Waals surface area (Å²) in [6, 6.07) is 8.28. The van der Waals surface area contributed by atoms with Gasteiger partial charge in [-0.05, 0) is 18.6 Å². The fraction of sp³-hybridized carbons (Fsp3) is 0.526. The molecule has 3 N–H and O–H groups in total. The Labute approximate surface area is 154 Å². The number of H-pyrrole nitrogens is 1. The number of guanidine groups is 1. The number of aromatic nitrogens is 2. The van der Waals surface area contributed by atoms with Gasteiger partial charge in [0.2, 0.25) is 5.91 Å². The van der Waals surface area contributed by atoms with Crippen LogP contribution in [0.25, 0.3) is 11.0 Å². The first kappa shape index (κ1) is 18.2. The largest absolute Gasteiger partial charge is 0.356 e. The Balaban J connectivity index is 1.46. The Morgan fingerprint density at radius 2 is 2.23 bits per heavy atom. The van der Waals surface area contributed by atoms with Crippen molar-refractivity contribution in [1.29, 1.82) is 0 Å². The molecule has 1 unspecified atom stereocenters. The van der Waals surface area contributed by atoms with Crippen molar-refractivity contribution in [2.45, 2.75) is 32.7 Å². The molecule has 1 saturated heterocycles. The molecule has 0 saturated carbocycles. The molecule has 0 spiro atoms. The van der Waals surface area contributed by atoms with Gasteiger partial charge in [0, 0.05) is 45.1 Å². The van der Waals surface area contributed by atoms with Gasteiger partial charge >= 0.3 is 0 Å². The number of hydrogen-bond donors (Lipinski definition) is 3. The number of carbonyl (C=O) groups is 1. The molecule has 3 rings (SSSR count). The number of imidazole rings is 1. The molecule has 140 valence electrons. The van der Waals surface area contributed by atoms with Crippen LogP contribution in [-0.4, -0.2) is 59.5 Å². The molecule has 1 aromatic heterocycles. The molecule has 7 heteroatoms. The van der Waals surface area contributed by atoms with Gasteiger partial charge in [0.25, 0.3) is 0 Å². The first-order valence-electron chi connectivity index (χ1n) is 9.26. The van der Waals surface area contributed by atoms with E-state index in [9.17, 15) is 4.79 Å². The van der Waals surface area contributed by atoms with Crippen LogP contribution in [0, 0.1) is 5.92 Å². The maximum atomic E-state index is 12.1. The number of benzene rings is 1. The minimum Gasteiger partial charge on any atom is -0.356 e. The highest BCUT2D eigenvalue weighted by Gasteiger charge is 2.27. The average molecular weight is 356 g/mol. The molecule has 1 aliphatic heterocycles. The molecule has 0 aliphatic carbocycles. The van der Waals surface area contributed by atoms with Crippen LogP contribution in [-0.2, 0) is 11.2 Å². The van der Waals surface area contributed by atoms with Gasteiger partial charge in [-0.3, -0.25) is 9.79 Å². The number of rotatable bonds is 5. The molecule has 0 bridgehead atoms. The van der Waals surface area contributed by atoms with Crippen LogP contribution in [0.5, 0.6) is 0 Å². The van der Waals surface area contributed by atoms with Gasteiger partial charge in [-0.15, -0.1) is 0 Å². The monoisotopic (exact) mass is 356 g/mol. The van der Waals surface area contributed by atoms with Gasteiger partial charge in [0.15, 0.2) is 5.96 Å². The molecule has 26 heavy (non-hydrogen) atoms. The normalized spacial score (nSPS) is 17.9. The maximum Gasteiger partial charge on any atom is 0.225 e. The predicted octanol–water partition coefficient (Wildman–Crippen LogP) is 1.53. The summed E-state index contributed by atoms with van der Waals surface area (Å²) in [6.07, 6.45) is 1.74. The van der Waals surface area contributed by atoms with Crippen molar-refractivity contribution in [3.8, 4) is 0 Å². The van der Waals surface area contributed by atoms with Crippen LogP contribution in [0.4, 0.5) is 0 Å². The number of carbonyl (C=O) groups excluding carboxylic acids is 1. The van der Waals surface area contributed by atoms with Crippen LogP contribution in [0.1, 0.15) is 26.1 Å². The molecule has 1 atom stereocenters. The molecular formula is C19H28N6O. The number of aliphatic imine (C=N–C) groups is 1. The first-order valence-corrected chi connectivity index (χ1v) is 9.26. The summed E-state index contributed by atoms with van der Waals surface area (Å²) in [5, 5.41) is 6.75. The number of amides is 1. The summed E-state index contributed by atoms with van der Waals surface area (Å²) < 4.78 is 0. The van der Waals surface area contributed by atoms with Crippen molar-refractivity contribution in [2.24, 2.45) is 10.9 Å². The number of nitrogens with one attached hydrogen (secondary N) is 3. The molecule has 2 aromatic rings. The number of likely N-dealkylation sites (tertiary alicyclic amines) is 1. The molecule has 1 amide bonds. The highest BCUT2D eigenvalue weighted by Crippen LogP contribution is 2.13. The Hall–Kier alpha value is -2.57.